The Hall–Kier alpha value is -3.94. The van der Waals surface area contributed by atoms with Crippen LogP contribution in [-0.2, 0) is 43.7 Å². The lowest BCUT2D eigenvalue weighted by atomic mass is 9.75. The van der Waals surface area contributed by atoms with E-state index in [0.29, 0.717) is 34.1 Å². The molecule has 0 heterocycles. The Balaban J connectivity index is 0.000000212. The Morgan fingerprint density at radius 2 is 0.966 bits per heavy atom. The molecule has 5 fully saturated rings. The number of benzene rings is 1. The summed E-state index contributed by atoms with van der Waals surface area (Å²) in [6.07, 6.45) is 18.9. The van der Waals surface area contributed by atoms with E-state index in [0.717, 1.165) is 69.8 Å². The molecule has 328 valence electrons. The highest BCUT2D eigenvalue weighted by Crippen LogP contribution is 2.51. The van der Waals surface area contributed by atoms with Gasteiger partial charge >= 0.3 is 23.9 Å². The van der Waals surface area contributed by atoms with Crippen molar-refractivity contribution in [3.8, 4) is 0 Å². The summed E-state index contributed by atoms with van der Waals surface area (Å²) < 4.78 is 22.4. The van der Waals surface area contributed by atoms with E-state index in [1.807, 2.05) is 32.0 Å². The van der Waals surface area contributed by atoms with E-state index in [1.54, 1.807) is 27.7 Å². The van der Waals surface area contributed by atoms with Crippen molar-refractivity contribution in [2.24, 2.45) is 17.3 Å². The fraction of sp³-hybridized carbons (Fsp3) is 0.647. The molecule has 0 unspecified atom stereocenters. The van der Waals surface area contributed by atoms with Gasteiger partial charge in [-0.1, -0.05) is 83.8 Å². The van der Waals surface area contributed by atoms with Gasteiger partial charge in [-0.3, -0.25) is 0 Å². The predicted octanol–water partition coefficient (Wildman–Crippen LogP) is 12.6. The Morgan fingerprint density at radius 3 is 1.39 bits per heavy atom. The number of carbonyl (C=O) groups is 4. The monoisotopic (exact) mass is 817 g/mol. The van der Waals surface area contributed by atoms with Gasteiger partial charge in [-0.2, -0.15) is 0 Å². The van der Waals surface area contributed by atoms with E-state index in [-0.39, 0.29) is 46.1 Å². The second-order valence-corrected chi connectivity index (χ2v) is 19.5. The fourth-order valence-electron chi connectivity index (χ4n) is 8.43. The Morgan fingerprint density at radius 1 is 0.542 bits per heavy atom. The van der Waals surface area contributed by atoms with Crippen molar-refractivity contribution in [3.05, 3.63) is 84.5 Å². The van der Waals surface area contributed by atoms with Crippen molar-refractivity contribution in [2.75, 3.05) is 0 Å². The third-order valence-electron chi connectivity index (χ3n) is 12.7. The molecule has 0 radical (unpaired) electrons. The summed E-state index contributed by atoms with van der Waals surface area (Å²) in [4.78, 5) is 46.2. The average Bonchev–Trinajstić information content (AvgIpc) is 4.12. The zero-order chi connectivity index (χ0) is 44.2. The Labute approximate surface area is 356 Å². The Bertz CT molecular complexity index is 1650. The lowest BCUT2D eigenvalue weighted by molar-refractivity contribution is -0.167. The molecule has 5 aliphatic carbocycles. The molecule has 5 saturated carbocycles. The molecule has 1 aromatic carbocycles. The number of esters is 4. The van der Waals surface area contributed by atoms with Crippen molar-refractivity contribution in [2.45, 2.75) is 194 Å². The van der Waals surface area contributed by atoms with Crippen LogP contribution in [0.25, 0.3) is 0 Å². The first-order chi connectivity index (χ1) is 27.5. The van der Waals surface area contributed by atoms with E-state index < -0.39 is 5.60 Å². The SMILES string of the molecule is C=C(C)C(=O)OC(C)(C)C1CC1.C=C(C)C(=O)OC1(C(C)(C)C)CCCC1.C=C(C)C(=O)OC1(C2CC2)CCCC1.C=C(C)C(=O)OC1(c2ccccc2)CCCCC1. The van der Waals surface area contributed by atoms with Gasteiger partial charge in [0.05, 0.1) is 0 Å². The van der Waals surface area contributed by atoms with E-state index >= 15 is 0 Å². The van der Waals surface area contributed by atoms with Crippen LogP contribution in [0.1, 0.15) is 177 Å². The summed E-state index contributed by atoms with van der Waals surface area (Å²) in [6, 6.07) is 10.1. The quantitative estimate of drug-likeness (QED) is 0.123. The lowest BCUT2D eigenvalue weighted by Gasteiger charge is -2.41. The molecule has 6 rings (SSSR count). The molecule has 0 aromatic heterocycles. The summed E-state index contributed by atoms with van der Waals surface area (Å²) in [5, 5.41) is 0. The summed E-state index contributed by atoms with van der Waals surface area (Å²) in [5.41, 5.74) is 1.97. The van der Waals surface area contributed by atoms with Gasteiger partial charge in [0, 0.05) is 27.7 Å². The zero-order valence-electron chi connectivity index (χ0n) is 38.2. The molecular weight excluding hydrogens is 741 g/mol. The number of rotatable bonds is 11. The van der Waals surface area contributed by atoms with Crippen molar-refractivity contribution in [1.82, 2.24) is 0 Å². The highest BCUT2D eigenvalue weighted by atomic mass is 16.6. The number of hydrogen-bond donors (Lipinski definition) is 0. The van der Waals surface area contributed by atoms with Crippen LogP contribution >= 0.6 is 0 Å². The predicted molar refractivity (Wildman–Crippen MR) is 236 cm³/mol. The van der Waals surface area contributed by atoms with Gasteiger partial charge in [0.15, 0.2) is 0 Å². The lowest BCUT2D eigenvalue weighted by Crippen LogP contribution is -2.44. The van der Waals surface area contributed by atoms with Gasteiger partial charge < -0.3 is 18.9 Å². The van der Waals surface area contributed by atoms with Crippen LogP contribution < -0.4 is 0 Å². The first-order valence-corrected chi connectivity index (χ1v) is 22.1. The summed E-state index contributed by atoms with van der Waals surface area (Å²) >= 11 is 0. The first-order valence-electron chi connectivity index (χ1n) is 22.1. The van der Waals surface area contributed by atoms with Crippen molar-refractivity contribution in [1.29, 1.82) is 0 Å². The maximum atomic E-state index is 11.9. The summed E-state index contributed by atoms with van der Waals surface area (Å²) in [6.45, 7) is 31.6. The second-order valence-electron chi connectivity index (χ2n) is 19.5. The topological polar surface area (TPSA) is 105 Å². The highest BCUT2D eigenvalue weighted by molar-refractivity contribution is 5.88. The van der Waals surface area contributed by atoms with Crippen molar-refractivity contribution >= 4 is 23.9 Å². The van der Waals surface area contributed by atoms with E-state index in [9.17, 15) is 19.2 Å². The maximum Gasteiger partial charge on any atom is 0.333 e. The summed E-state index contributed by atoms with van der Waals surface area (Å²) in [7, 11) is 0. The average molecular weight is 817 g/mol. The largest absolute Gasteiger partial charge is 0.456 e. The van der Waals surface area contributed by atoms with Gasteiger partial charge in [0.2, 0.25) is 0 Å². The molecular formula is C51H76O8. The molecule has 8 heteroatoms. The standard InChI is InChI=1S/C16H20O2.C13H22O2.C12H18O2.C10H16O2/c1-13(2)15(17)18-16(11-7-4-8-12-16)14-9-5-3-6-10-14;1-10(2)11(14)15-13(12(3,4)5)8-6-7-9-13;1-9(2)11(13)14-12(10-5-6-10)7-3-4-8-12;1-7(2)9(11)12-10(3,4)8-5-6-8/h3,5-6,9-10H,1,4,7-8,11-12H2,2H3;1,6-9H2,2-5H3;10H,1,3-8H2,2H3;8H,1,5-6H2,2-4H3. The molecule has 1 aromatic rings. The molecule has 0 aliphatic heterocycles. The molecule has 0 saturated heterocycles. The fourth-order valence-corrected chi connectivity index (χ4v) is 8.43. The third kappa shape index (κ3) is 14.3. The smallest absolute Gasteiger partial charge is 0.333 e. The van der Waals surface area contributed by atoms with Crippen LogP contribution in [0.5, 0.6) is 0 Å². The third-order valence-corrected chi connectivity index (χ3v) is 12.7. The van der Waals surface area contributed by atoms with Gasteiger partial charge in [0.1, 0.15) is 22.4 Å². The number of ether oxygens (including phenoxy) is 4. The van der Waals surface area contributed by atoms with E-state index in [1.165, 1.54) is 44.9 Å². The second kappa shape index (κ2) is 21.0. The maximum absolute atomic E-state index is 11.9. The first kappa shape index (κ1) is 49.4. The molecule has 59 heavy (non-hydrogen) atoms. The van der Waals surface area contributed by atoms with Crippen LogP contribution in [-0.4, -0.2) is 40.7 Å². The van der Waals surface area contributed by atoms with Crippen molar-refractivity contribution in [3.63, 3.8) is 0 Å². The van der Waals surface area contributed by atoms with E-state index in [4.69, 9.17) is 18.9 Å². The molecule has 0 bridgehead atoms. The minimum absolute atomic E-state index is 0.00854. The van der Waals surface area contributed by atoms with Gasteiger partial charge in [-0.15, -0.1) is 0 Å². The minimum atomic E-state index is -0.435. The Kier molecular flexibility index (Phi) is 17.6. The van der Waals surface area contributed by atoms with Gasteiger partial charge in [-0.05, 0) is 162 Å². The molecule has 8 nitrogen and oxygen atoms in total. The van der Waals surface area contributed by atoms with Gasteiger partial charge in [-0.25, -0.2) is 19.2 Å². The van der Waals surface area contributed by atoms with Crippen LogP contribution in [0, 0.1) is 17.3 Å². The molecule has 0 atom stereocenters. The molecule has 0 N–H and O–H groups in total. The normalized spacial score (nSPS) is 19.9. The molecule has 0 spiro atoms. The van der Waals surface area contributed by atoms with Crippen molar-refractivity contribution < 1.29 is 38.1 Å². The number of hydrogen-bond acceptors (Lipinski definition) is 8. The van der Waals surface area contributed by atoms with Gasteiger partial charge in [0.25, 0.3) is 0 Å². The molecule has 5 aliphatic rings. The minimum Gasteiger partial charge on any atom is -0.456 e. The molecule has 0 amide bonds. The van der Waals surface area contributed by atoms with Crippen LogP contribution in [0.4, 0.5) is 0 Å². The highest BCUT2D eigenvalue weighted by Gasteiger charge is 2.50. The number of carbonyl (C=O) groups excluding carboxylic acids is 4. The summed E-state index contributed by atoms with van der Waals surface area (Å²) in [5.74, 6) is 0.215. The van der Waals surface area contributed by atoms with Crippen LogP contribution in [0.2, 0.25) is 0 Å². The van der Waals surface area contributed by atoms with Crippen LogP contribution in [0.15, 0.2) is 78.9 Å². The zero-order valence-corrected chi connectivity index (χ0v) is 38.2. The van der Waals surface area contributed by atoms with E-state index in [2.05, 4.69) is 59.2 Å². The van der Waals surface area contributed by atoms with Crippen LogP contribution in [0.3, 0.4) is 0 Å².